The first kappa shape index (κ1) is 32.5. The maximum atomic E-state index is 14.6. The minimum atomic E-state index is -1.20. The van der Waals surface area contributed by atoms with Gasteiger partial charge in [0, 0.05) is 30.2 Å². The number of hydrogen-bond acceptors (Lipinski definition) is 7. The van der Waals surface area contributed by atoms with Gasteiger partial charge >= 0.3 is 0 Å². The molecule has 1 spiro atoms. The van der Waals surface area contributed by atoms with E-state index in [1.54, 1.807) is 24.3 Å². The monoisotopic (exact) mass is 640 g/mol. The Balaban J connectivity index is 1.31. The third-order valence-corrected chi connectivity index (χ3v) is 9.90. The predicted octanol–water partition coefficient (Wildman–Crippen LogP) is 4.49. The van der Waals surface area contributed by atoms with Gasteiger partial charge in [0.1, 0.15) is 17.4 Å². The highest BCUT2D eigenvalue weighted by molar-refractivity contribution is 6.05. The van der Waals surface area contributed by atoms with E-state index in [-0.39, 0.29) is 18.4 Å². The highest BCUT2D eigenvalue weighted by Crippen LogP contribution is 2.59. The van der Waals surface area contributed by atoms with Gasteiger partial charge in [0.2, 0.25) is 17.7 Å². The van der Waals surface area contributed by atoms with E-state index in [1.807, 2.05) is 61.5 Å². The minimum absolute atomic E-state index is 0.323. The highest BCUT2D eigenvalue weighted by Gasteiger charge is 2.75. The molecule has 0 saturated carbocycles. The van der Waals surface area contributed by atoms with E-state index in [9.17, 15) is 19.5 Å². The summed E-state index contributed by atoms with van der Waals surface area (Å²) in [6.45, 7) is 8.00. The predicted molar refractivity (Wildman–Crippen MR) is 180 cm³/mol. The molecule has 47 heavy (non-hydrogen) atoms. The number of ether oxygens (including phenoxy) is 2. The molecule has 3 N–H and O–H groups in total. The minimum Gasteiger partial charge on any atom is -0.494 e. The number of hydrogen-bond donors (Lipinski definition) is 3. The van der Waals surface area contributed by atoms with Gasteiger partial charge in [-0.1, -0.05) is 30.3 Å². The van der Waals surface area contributed by atoms with Gasteiger partial charge in [-0.05, 0) is 94.1 Å². The molecule has 0 aromatic heterocycles. The number of likely N-dealkylation sites (tertiary alicyclic amines) is 1. The Hall–Kier alpha value is -4.41. The molecule has 3 heterocycles. The quantitative estimate of drug-likeness (QED) is 0.252. The molecule has 3 aromatic rings. The summed E-state index contributed by atoms with van der Waals surface area (Å²) in [5.74, 6) is -2.01. The number of nitrogens with zero attached hydrogens (tertiary/aromatic N) is 2. The molecule has 0 radical (unpaired) electrons. The van der Waals surface area contributed by atoms with E-state index in [0.717, 1.165) is 24.3 Å². The van der Waals surface area contributed by atoms with Crippen LogP contribution in [0.1, 0.15) is 39.2 Å². The number of rotatable bonds is 13. The lowest BCUT2D eigenvalue weighted by molar-refractivity contribution is -0.143. The molecule has 2 bridgehead atoms. The zero-order valence-electron chi connectivity index (χ0n) is 27.2. The van der Waals surface area contributed by atoms with Crippen molar-refractivity contribution in [1.82, 2.24) is 4.90 Å². The molecule has 248 valence electrons. The molecular weight excluding hydrogens is 596 g/mol. The third kappa shape index (κ3) is 6.07. The number of carbonyl (C=O) groups is 3. The molecule has 3 saturated heterocycles. The topological polar surface area (TPSA) is 120 Å². The number of amides is 3. The molecule has 3 aliphatic heterocycles. The molecule has 3 amide bonds. The Morgan fingerprint density at radius 3 is 2.21 bits per heavy atom. The summed E-state index contributed by atoms with van der Waals surface area (Å²) >= 11 is 0. The molecule has 10 heteroatoms. The van der Waals surface area contributed by atoms with Gasteiger partial charge in [-0.15, -0.1) is 0 Å². The van der Waals surface area contributed by atoms with Crippen LogP contribution in [0.5, 0.6) is 5.75 Å². The lowest BCUT2D eigenvalue weighted by Crippen LogP contribution is -2.56. The molecule has 6 atom stereocenters. The van der Waals surface area contributed by atoms with Gasteiger partial charge in [0.25, 0.3) is 0 Å². The second-order valence-corrected chi connectivity index (χ2v) is 12.5. The molecular formula is C37H44N4O6. The van der Waals surface area contributed by atoms with Crippen LogP contribution in [0.25, 0.3) is 0 Å². The SMILES string of the molecule is CCOc1ccc(NC(=O)[C@@H]2[C@@H]3CCC4(O3)C(C(=O)Nc3ccc(N(CC)CC)cc3)N([C@@H](CO)Cc3ccccc3)C(=O)[C@H]24)cc1. The highest BCUT2D eigenvalue weighted by atomic mass is 16.5. The van der Waals surface area contributed by atoms with Crippen LogP contribution < -0.4 is 20.3 Å². The number of carbonyl (C=O) groups excluding carboxylic acids is 3. The van der Waals surface area contributed by atoms with E-state index in [1.165, 1.54) is 4.90 Å². The van der Waals surface area contributed by atoms with E-state index >= 15 is 0 Å². The number of aliphatic hydroxyl groups is 1. The van der Waals surface area contributed by atoms with Crippen molar-refractivity contribution in [2.75, 3.05) is 41.8 Å². The standard InChI is InChI=1S/C37H44N4O6/c1-4-40(5-2)27-16-12-25(13-17-27)39-35(44)33-37-21-20-30(47-37)31(34(43)38-26-14-18-29(19-15-26)46-6-3)32(37)36(45)41(33)28(23-42)22-24-10-8-7-9-11-24/h7-19,28,30-33,42H,4-6,20-23H2,1-3H3,(H,38,43)(H,39,44)/t28-,30+,31-,32+,33?,37?/m1/s1. The molecule has 10 nitrogen and oxygen atoms in total. The summed E-state index contributed by atoms with van der Waals surface area (Å²) in [5.41, 5.74) is 1.95. The summed E-state index contributed by atoms with van der Waals surface area (Å²) in [6.07, 6.45) is 0.851. The van der Waals surface area contributed by atoms with Crippen molar-refractivity contribution in [3.8, 4) is 5.75 Å². The Labute approximate surface area is 276 Å². The lowest BCUT2D eigenvalue weighted by Gasteiger charge is -2.36. The average Bonchev–Trinajstić information content (AvgIpc) is 3.74. The van der Waals surface area contributed by atoms with Crippen molar-refractivity contribution in [2.45, 2.75) is 63.8 Å². The van der Waals surface area contributed by atoms with Crippen molar-refractivity contribution in [3.63, 3.8) is 0 Å². The summed E-state index contributed by atoms with van der Waals surface area (Å²) < 4.78 is 12.1. The number of aliphatic hydroxyl groups excluding tert-OH is 1. The van der Waals surface area contributed by atoms with Crippen LogP contribution in [0, 0.1) is 11.8 Å². The van der Waals surface area contributed by atoms with E-state index in [4.69, 9.17) is 9.47 Å². The van der Waals surface area contributed by atoms with Crippen LogP contribution in [0.15, 0.2) is 78.9 Å². The van der Waals surface area contributed by atoms with Crippen molar-refractivity contribution in [2.24, 2.45) is 11.8 Å². The Morgan fingerprint density at radius 1 is 0.957 bits per heavy atom. The Morgan fingerprint density at radius 2 is 1.60 bits per heavy atom. The van der Waals surface area contributed by atoms with E-state index in [2.05, 4.69) is 29.4 Å². The first-order chi connectivity index (χ1) is 22.8. The molecule has 2 unspecified atom stereocenters. The Bertz CT molecular complexity index is 1560. The molecule has 0 aliphatic carbocycles. The number of benzene rings is 3. The molecule has 3 aliphatic rings. The first-order valence-electron chi connectivity index (χ1n) is 16.7. The molecule has 3 aromatic carbocycles. The third-order valence-electron chi connectivity index (χ3n) is 9.90. The number of anilines is 3. The zero-order valence-corrected chi connectivity index (χ0v) is 27.2. The van der Waals surface area contributed by atoms with Gasteiger partial charge in [0.15, 0.2) is 0 Å². The largest absolute Gasteiger partial charge is 0.494 e. The van der Waals surface area contributed by atoms with E-state index < -0.39 is 41.5 Å². The van der Waals surface area contributed by atoms with Gasteiger partial charge < -0.3 is 35.0 Å². The summed E-state index contributed by atoms with van der Waals surface area (Å²) in [4.78, 5) is 46.5. The second-order valence-electron chi connectivity index (χ2n) is 12.5. The Kier molecular flexibility index (Phi) is 9.52. The zero-order chi connectivity index (χ0) is 33.1. The molecule has 3 fully saturated rings. The normalized spacial score (nSPS) is 24.9. The van der Waals surface area contributed by atoms with Crippen LogP contribution in [0.2, 0.25) is 0 Å². The van der Waals surface area contributed by atoms with Crippen LogP contribution in [-0.2, 0) is 25.5 Å². The maximum Gasteiger partial charge on any atom is 0.250 e. The smallest absolute Gasteiger partial charge is 0.250 e. The maximum absolute atomic E-state index is 14.6. The van der Waals surface area contributed by atoms with Gasteiger partial charge in [-0.2, -0.15) is 0 Å². The van der Waals surface area contributed by atoms with Crippen LogP contribution in [0.3, 0.4) is 0 Å². The van der Waals surface area contributed by atoms with Gasteiger partial charge in [0.05, 0.1) is 37.2 Å². The van der Waals surface area contributed by atoms with Gasteiger partial charge in [-0.3, -0.25) is 14.4 Å². The van der Waals surface area contributed by atoms with Crippen molar-refractivity contribution >= 4 is 34.8 Å². The molecule has 6 rings (SSSR count). The first-order valence-corrected chi connectivity index (χ1v) is 16.7. The van der Waals surface area contributed by atoms with Crippen LogP contribution >= 0.6 is 0 Å². The lowest BCUT2D eigenvalue weighted by atomic mass is 9.70. The van der Waals surface area contributed by atoms with Crippen molar-refractivity contribution in [3.05, 3.63) is 84.4 Å². The van der Waals surface area contributed by atoms with Crippen LogP contribution in [0.4, 0.5) is 17.1 Å². The van der Waals surface area contributed by atoms with E-state index in [0.29, 0.717) is 43.0 Å². The number of nitrogens with one attached hydrogen (secondary N) is 2. The summed E-state index contributed by atoms with van der Waals surface area (Å²) in [7, 11) is 0. The van der Waals surface area contributed by atoms with Crippen molar-refractivity contribution in [1.29, 1.82) is 0 Å². The van der Waals surface area contributed by atoms with Crippen LogP contribution in [-0.4, -0.2) is 77.8 Å². The average molecular weight is 641 g/mol. The summed E-state index contributed by atoms with van der Waals surface area (Å²) in [6, 6.07) is 22.6. The van der Waals surface area contributed by atoms with Gasteiger partial charge in [-0.25, -0.2) is 0 Å². The number of fused-ring (bicyclic) bond motifs is 1. The fraction of sp³-hybridized carbons (Fsp3) is 0.432. The van der Waals surface area contributed by atoms with Crippen molar-refractivity contribution < 1.29 is 29.0 Å². The summed E-state index contributed by atoms with van der Waals surface area (Å²) in [5, 5.41) is 16.7. The second kappa shape index (κ2) is 13.8. The fourth-order valence-electron chi connectivity index (χ4n) is 7.80. The fourth-order valence-corrected chi connectivity index (χ4v) is 7.80.